The van der Waals surface area contributed by atoms with E-state index in [4.69, 9.17) is 0 Å². The quantitative estimate of drug-likeness (QED) is 0.494. The first-order valence-electron chi connectivity index (χ1n) is 8.06. The van der Waals surface area contributed by atoms with E-state index >= 15 is 0 Å². The number of benzene rings is 1. The van der Waals surface area contributed by atoms with Gasteiger partial charge in [0.25, 0.3) is 0 Å². The largest absolute Gasteiger partial charge is 0.453 e. The third-order valence-corrected chi connectivity index (χ3v) is 4.09. The number of halogens is 5. The molecule has 0 N–H and O–H groups in total. The first-order chi connectivity index (χ1) is 11.0. The minimum atomic E-state index is -5.47. The average molecular weight is 350 g/mol. The topological polar surface area (TPSA) is 17.1 Å². The molecule has 1 aromatic rings. The predicted molar refractivity (Wildman–Crippen MR) is 83.3 cm³/mol. The van der Waals surface area contributed by atoms with Gasteiger partial charge in [0, 0.05) is 12.8 Å². The molecule has 6 heteroatoms. The minimum Gasteiger partial charge on any atom is -0.300 e. The number of carbonyl (C=O) groups is 1. The van der Waals surface area contributed by atoms with Crippen LogP contribution in [0.3, 0.4) is 0 Å². The van der Waals surface area contributed by atoms with Crippen molar-refractivity contribution in [3.8, 4) is 0 Å². The summed E-state index contributed by atoms with van der Waals surface area (Å²) in [6.45, 7) is 3.36. The van der Waals surface area contributed by atoms with Gasteiger partial charge in [0.1, 0.15) is 5.78 Å². The van der Waals surface area contributed by atoms with E-state index in [1.807, 2.05) is 31.2 Å². The second kappa shape index (κ2) is 8.58. The molecular formula is C18H23F5O. The number of rotatable bonds is 9. The number of ketones is 1. The van der Waals surface area contributed by atoms with Crippen molar-refractivity contribution in [1.82, 2.24) is 0 Å². The van der Waals surface area contributed by atoms with E-state index in [0.29, 0.717) is 6.42 Å². The number of Topliss-reactive ketones (excluding diaryl/α,β-unsaturated/α-hetero) is 1. The lowest BCUT2D eigenvalue weighted by Crippen LogP contribution is -2.36. The van der Waals surface area contributed by atoms with E-state index in [1.54, 1.807) is 6.92 Å². The van der Waals surface area contributed by atoms with Crippen molar-refractivity contribution in [1.29, 1.82) is 0 Å². The molecule has 1 rings (SSSR count). The molecule has 0 amide bonds. The summed E-state index contributed by atoms with van der Waals surface area (Å²) in [6, 6.07) is 7.57. The van der Waals surface area contributed by atoms with Gasteiger partial charge >= 0.3 is 12.1 Å². The Kier molecular flexibility index (Phi) is 7.36. The number of hydrogen-bond donors (Lipinski definition) is 0. The fourth-order valence-electron chi connectivity index (χ4n) is 2.49. The van der Waals surface area contributed by atoms with Crippen LogP contribution in [0.15, 0.2) is 24.3 Å². The van der Waals surface area contributed by atoms with Gasteiger partial charge in [-0.3, -0.25) is 0 Å². The van der Waals surface area contributed by atoms with Crippen molar-refractivity contribution < 1.29 is 26.7 Å². The van der Waals surface area contributed by atoms with Crippen LogP contribution in [0.5, 0.6) is 0 Å². The first-order valence-corrected chi connectivity index (χ1v) is 8.06. The summed E-state index contributed by atoms with van der Waals surface area (Å²) in [4.78, 5) is 10.9. The second-order valence-electron chi connectivity index (χ2n) is 6.29. The highest BCUT2D eigenvalue weighted by molar-refractivity contribution is 5.75. The fourth-order valence-corrected chi connectivity index (χ4v) is 2.49. The summed E-state index contributed by atoms with van der Waals surface area (Å²) in [5, 5.41) is 0. The van der Waals surface area contributed by atoms with Crippen molar-refractivity contribution in [2.24, 2.45) is 0 Å². The highest BCUT2D eigenvalue weighted by Gasteiger charge is 2.56. The summed E-state index contributed by atoms with van der Waals surface area (Å²) < 4.78 is 62.0. The molecule has 0 aromatic heterocycles. The van der Waals surface area contributed by atoms with Gasteiger partial charge in [0.05, 0.1) is 0 Å². The number of aryl methyl sites for hydroxylation is 1. The predicted octanol–water partition coefficient (Wildman–Crippen LogP) is 6.07. The highest BCUT2D eigenvalue weighted by atomic mass is 19.4. The van der Waals surface area contributed by atoms with Crippen LogP contribution < -0.4 is 0 Å². The lowest BCUT2D eigenvalue weighted by atomic mass is 9.93. The Balaban J connectivity index is 2.45. The molecular weight excluding hydrogens is 327 g/mol. The summed E-state index contributed by atoms with van der Waals surface area (Å²) in [5.74, 6) is -4.55. The number of hydrogen-bond acceptors (Lipinski definition) is 1. The zero-order chi connectivity index (χ0) is 18.4. The zero-order valence-corrected chi connectivity index (χ0v) is 13.9. The summed E-state index contributed by atoms with van der Waals surface area (Å²) in [5.41, 5.74) is 2.00. The van der Waals surface area contributed by atoms with Crippen LogP contribution in [0.25, 0.3) is 0 Å². The Bertz CT molecular complexity index is 519. The summed E-state index contributed by atoms with van der Waals surface area (Å²) >= 11 is 0. The minimum absolute atomic E-state index is 0.0831. The molecule has 24 heavy (non-hydrogen) atoms. The molecule has 1 aromatic carbocycles. The molecule has 0 aliphatic heterocycles. The van der Waals surface area contributed by atoms with Crippen LogP contribution in [-0.2, 0) is 11.2 Å². The molecule has 0 fully saturated rings. The van der Waals surface area contributed by atoms with E-state index in [0.717, 1.165) is 24.0 Å². The van der Waals surface area contributed by atoms with Crippen molar-refractivity contribution in [3.63, 3.8) is 0 Å². The molecule has 0 saturated heterocycles. The lowest BCUT2D eigenvalue weighted by molar-refractivity contribution is -0.284. The molecule has 0 aliphatic rings. The number of alkyl halides is 5. The Morgan fingerprint density at radius 2 is 1.62 bits per heavy atom. The van der Waals surface area contributed by atoms with Crippen LogP contribution in [0.1, 0.15) is 63.0 Å². The SMILES string of the molecule is CC(=O)CCCc1ccc(C(C)CCCC(F)(F)C(F)(F)F)cc1. The normalized spacial score (nSPS) is 13.8. The van der Waals surface area contributed by atoms with Crippen molar-refractivity contribution >= 4 is 5.78 Å². The van der Waals surface area contributed by atoms with Crippen LogP contribution in [0, 0.1) is 0 Å². The van der Waals surface area contributed by atoms with Crippen molar-refractivity contribution in [3.05, 3.63) is 35.4 Å². The molecule has 1 atom stereocenters. The summed E-state index contributed by atoms with van der Waals surface area (Å²) in [6.07, 6.45) is -4.47. The third-order valence-electron chi connectivity index (χ3n) is 4.09. The maximum atomic E-state index is 12.9. The molecule has 0 radical (unpaired) electrons. The standard InChI is InChI=1S/C18H23F5O/c1-13(5-4-12-17(19,20)18(21,22)23)16-10-8-15(9-11-16)7-3-6-14(2)24/h8-11,13H,3-7,12H2,1-2H3. The van der Waals surface area contributed by atoms with Crippen LogP contribution >= 0.6 is 0 Å². The van der Waals surface area contributed by atoms with E-state index < -0.39 is 18.5 Å². The van der Waals surface area contributed by atoms with Crippen molar-refractivity contribution in [2.75, 3.05) is 0 Å². The van der Waals surface area contributed by atoms with Crippen LogP contribution in [0.4, 0.5) is 22.0 Å². The molecule has 1 nitrogen and oxygen atoms in total. The van der Waals surface area contributed by atoms with E-state index in [9.17, 15) is 26.7 Å². The second-order valence-corrected chi connectivity index (χ2v) is 6.29. The lowest BCUT2D eigenvalue weighted by Gasteiger charge is -2.20. The Labute approximate surface area is 139 Å². The van der Waals surface area contributed by atoms with Gasteiger partial charge in [0.2, 0.25) is 0 Å². The van der Waals surface area contributed by atoms with Crippen LogP contribution in [-0.4, -0.2) is 17.9 Å². The monoisotopic (exact) mass is 350 g/mol. The van der Waals surface area contributed by atoms with Gasteiger partial charge < -0.3 is 4.79 Å². The molecule has 0 saturated carbocycles. The van der Waals surface area contributed by atoms with Gasteiger partial charge in [0.15, 0.2) is 0 Å². The first kappa shape index (κ1) is 20.6. The molecule has 0 heterocycles. The molecule has 1 unspecified atom stereocenters. The maximum absolute atomic E-state index is 12.9. The van der Waals surface area contributed by atoms with Gasteiger partial charge in [-0.05, 0) is 49.7 Å². The van der Waals surface area contributed by atoms with E-state index in [1.165, 1.54) is 0 Å². The van der Waals surface area contributed by atoms with Gasteiger partial charge in [-0.15, -0.1) is 0 Å². The smallest absolute Gasteiger partial charge is 0.300 e. The van der Waals surface area contributed by atoms with Gasteiger partial charge in [-0.1, -0.05) is 31.2 Å². The maximum Gasteiger partial charge on any atom is 0.453 e. The average Bonchev–Trinajstić information content (AvgIpc) is 2.46. The Hall–Kier alpha value is -1.46. The van der Waals surface area contributed by atoms with Crippen molar-refractivity contribution in [2.45, 2.75) is 70.4 Å². The molecule has 136 valence electrons. The van der Waals surface area contributed by atoms with E-state index in [-0.39, 0.29) is 24.5 Å². The molecule has 0 aliphatic carbocycles. The molecule has 0 spiro atoms. The van der Waals surface area contributed by atoms with Gasteiger partial charge in [-0.25, -0.2) is 0 Å². The van der Waals surface area contributed by atoms with Crippen LogP contribution in [0.2, 0.25) is 0 Å². The van der Waals surface area contributed by atoms with E-state index in [2.05, 4.69) is 0 Å². The number of carbonyl (C=O) groups excluding carboxylic acids is 1. The zero-order valence-electron chi connectivity index (χ0n) is 13.9. The Morgan fingerprint density at radius 1 is 1.04 bits per heavy atom. The highest BCUT2D eigenvalue weighted by Crippen LogP contribution is 2.39. The summed E-state index contributed by atoms with van der Waals surface area (Å²) in [7, 11) is 0. The fraction of sp³-hybridized carbons (Fsp3) is 0.611. The van der Waals surface area contributed by atoms with Gasteiger partial charge in [-0.2, -0.15) is 22.0 Å². The Morgan fingerprint density at radius 3 is 2.12 bits per heavy atom. The molecule has 0 bridgehead atoms. The third kappa shape index (κ3) is 6.57.